The van der Waals surface area contributed by atoms with Crippen LogP contribution in [0.3, 0.4) is 0 Å². The van der Waals surface area contributed by atoms with Crippen LogP contribution in [-0.4, -0.2) is 36.7 Å². The maximum absolute atomic E-state index is 12.2. The summed E-state index contributed by atoms with van der Waals surface area (Å²) in [4.78, 5) is 13.6. The number of nitrogens with one attached hydrogen (secondary N) is 1. The van der Waals surface area contributed by atoms with E-state index in [4.69, 9.17) is 21.7 Å². The van der Waals surface area contributed by atoms with E-state index in [0.29, 0.717) is 28.9 Å². The van der Waals surface area contributed by atoms with Crippen LogP contribution in [0.25, 0.3) is 6.08 Å². The van der Waals surface area contributed by atoms with Crippen LogP contribution in [-0.2, 0) is 4.79 Å². The summed E-state index contributed by atoms with van der Waals surface area (Å²) >= 11 is 5.13. The highest BCUT2D eigenvalue weighted by atomic mass is 32.1. The number of methoxy groups -OCH3 is 2. The first-order chi connectivity index (χ1) is 10.1. The van der Waals surface area contributed by atoms with E-state index in [9.17, 15) is 4.79 Å². The maximum atomic E-state index is 12.2. The van der Waals surface area contributed by atoms with Gasteiger partial charge in [0.25, 0.3) is 5.91 Å². The minimum Gasteiger partial charge on any atom is -0.493 e. The Kier molecular flexibility index (Phi) is 4.59. The lowest BCUT2D eigenvalue weighted by atomic mass is 10.1. The zero-order valence-electron chi connectivity index (χ0n) is 11.9. The van der Waals surface area contributed by atoms with Gasteiger partial charge in [0.15, 0.2) is 16.6 Å². The summed E-state index contributed by atoms with van der Waals surface area (Å²) in [5, 5.41) is 3.28. The van der Waals surface area contributed by atoms with E-state index >= 15 is 0 Å². The highest BCUT2D eigenvalue weighted by Crippen LogP contribution is 2.28. The van der Waals surface area contributed by atoms with Crippen LogP contribution in [0, 0.1) is 0 Å². The minimum absolute atomic E-state index is 0.172. The van der Waals surface area contributed by atoms with Crippen molar-refractivity contribution < 1.29 is 14.3 Å². The standard InChI is InChI=1S/C15H16N2O3S/c1-4-7-17-14(18)11(16-15(17)21)8-10-5-6-12(19-2)13(9-10)20-3/h4-6,8-9H,1,7H2,2-3H3,(H,16,21)/b11-8+. The summed E-state index contributed by atoms with van der Waals surface area (Å²) in [6.07, 6.45) is 3.35. The molecule has 6 heteroatoms. The third kappa shape index (κ3) is 3.05. The molecule has 1 aliphatic rings. The topological polar surface area (TPSA) is 50.8 Å². The fraction of sp³-hybridized carbons (Fsp3) is 0.200. The molecule has 1 aliphatic heterocycles. The van der Waals surface area contributed by atoms with Crippen molar-refractivity contribution in [2.24, 2.45) is 0 Å². The predicted octanol–water partition coefficient (Wildman–Crippen LogP) is 1.95. The van der Waals surface area contributed by atoms with Crippen LogP contribution in [0.1, 0.15) is 5.56 Å². The van der Waals surface area contributed by atoms with E-state index in [1.54, 1.807) is 38.5 Å². The summed E-state index contributed by atoms with van der Waals surface area (Å²) in [5.74, 6) is 1.06. The highest BCUT2D eigenvalue weighted by molar-refractivity contribution is 7.80. The SMILES string of the molecule is C=CCN1C(=O)/C(=C\c2ccc(OC)c(OC)c2)NC1=S. The van der Waals surface area contributed by atoms with Crippen molar-refractivity contribution in [3.63, 3.8) is 0 Å². The van der Waals surface area contributed by atoms with Crippen molar-refractivity contribution in [3.8, 4) is 11.5 Å². The van der Waals surface area contributed by atoms with Crippen molar-refractivity contribution in [1.82, 2.24) is 10.2 Å². The maximum Gasteiger partial charge on any atom is 0.276 e. The van der Waals surface area contributed by atoms with Gasteiger partial charge >= 0.3 is 0 Å². The zero-order valence-corrected chi connectivity index (χ0v) is 12.7. The van der Waals surface area contributed by atoms with E-state index in [1.807, 2.05) is 6.07 Å². The number of ether oxygens (including phenoxy) is 2. The number of hydrogen-bond acceptors (Lipinski definition) is 4. The fourth-order valence-electron chi connectivity index (χ4n) is 1.98. The van der Waals surface area contributed by atoms with Crippen LogP contribution >= 0.6 is 12.2 Å². The Hall–Kier alpha value is -2.34. The Morgan fingerprint density at radius 2 is 2.05 bits per heavy atom. The van der Waals surface area contributed by atoms with Gasteiger partial charge in [-0.25, -0.2) is 0 Å². The molecule has 0 atom stereocenters. The third-order valence-corrected chi connectivity index (χ3v) is 3.32. The van der Waals surface area contributed by atoms with Gasteiger partial charge in [0.05, 0.1) is 14.2 Å². The number of benzene rings is 1. The van der Waals surface area contributed by atoms with Gasteiger partial charge < -0.3 is 14.8 Å². The molecule has 2 rings (SSSR count). The normalized spacial score (nSPS) is 16.1. The number of carbonyl (C=O) groups excluding carboxylic acids is 1. The van der Waals surface area contributed by atoms with E-state index in [-0.39, 0.29) is 5.91 Å². The molecule has 110 valence electrons. The molecular weight excluding hydrogens is 288 g/mol. The Morgan fingerprint density at radius 1 is 1.33 bits per heavy atom. The molecular formula is C15H16N2O3S. The molecule has 0 unspecified atom stereocenters. The van der Waals surface area contributed by atoms with Gasteiger partial charge in [-0.3, -0.25) is 9.69 Å². The molecule has 5 nitrogen and oxygen atoms in total. The molecule has 1 aromatic carbocycles. The predicted molar refractivity (Wildman–Crippen MR) is 85.2 cm³/mol. The van der Waals surface area contributed by atoms with E-state index in [0.717, 1.165) is 5.56 Å². The van der Waals surface area contributed by atoms with Gasteiger partial charge in [-0.2, -0.15) is 0 Å². The Labute approximate surface area is 128 Å². The smallest absolute Gasteiger partial charge is 0.276 e. The zero-order chi connectivity index (χ0) is 15.4. The minimum atomic E-state index is -0.172. The van der Waals surface area contributed by atoms with E-state index in [2.05, 4.69) is 11.9 Å². The van der Waals surface area contributed by atoms with Crippen molar-refractivity contribution in [2.45, 2.75) is 0 Å². The third-order valence-electron chi connectivity index (χ3n) is 2.99. The second kappa shape index (κ2) is 6.41. The molecule has 1 aromatic rings. The first-order valence-corrected chi connectivity index (χ1v) is 6.69. The number of carbonyl (C=O) groups is 1. The Morgan fingerprint density at radius 3 is 2.67 bits per heavy atom. The molecule has 1 saturated heterocycles. The molecule has 21 heavy (non-hydrogen) atoms. The van der Waals surface area contributed by atoms with Crippen LogP contribution in [0.5, 0.6) is 11.5 Å². The van der Waals surface area contributed by atoms with Gasteiger partial charge in [-0.1, -0.05) is 12.1 Å². The summed E-state index contributed by atoms with van der Waals surface area (Å²) < 4.78 is 10.4. The summed E-state index contributed by atoms with van der Waals surface area (Å²) in [6.45, 7) is 4.00. The molecule has 1 fully saturated rings. The van der Waals surface area contributed by atoms with Crippen molar-refractivity contribution >= 4 is 29.3 Å². The number of amides is 1. The summed E-state index contributed by atoms with van der Waals surface area (Å²) in [5.41, 5.74) is 1.24. The average molecular weight is 304 g/mol. The lowest BCUT2D eigenvalue weighted by molar-refractivity contribution is -0.122. The van der Waals surface area contributed by atoms with Gasteiger partial charge in [0.2, 0.25) is 0 Å². The second-order valence-corrected chi connectivity index (χ2v) is 4.69. The Bertz CT molecular complexity index is 625. The first kappa shape index (κ1) is 15.1. The molecule has 0 radical (unpaired) electrons. The van der Waals surface area contributed by atoms with Crippen molar-refractivity contribution in [2.75, 3.05) is 20.8 Å². The molecule has 1 N–H and O–H groups in total. The van der Waals surface area contributed by atoms with Crippen LogP contribution in [0.4, 0.5) is 0 Å². The number of rotatable bonds is 5. The number of thiocarbonyl (C=S) groups is 1. The largest absolute Gasteiger partial charge is 0.493 e. The lowest BCUT2D eigenvalue weighted by Gasteiger charge is -2.09. The van der Waals surface area contributed by atoms with Crippen molar-refractivity contribution in [1.29, 1.82) is 0 Å². The molecule has 1 heterocycles. The van der Waals surface area contributed by atoms with Crippen LogP contribution < -0.4 is 14.8 Å². The second-order valence-electron chi connectivity index (χ2n) is 4.31. The molecule has 0 aliphatic carbocycles. The average Bonchev–Trinajstić information content (AvgIpc) is 2.75. The number of nitrogens with zero attached hydrogens (tertiary/aromatic N) is 1. The molecule has 0 spiro atoms. The number of hydrogen-bond donors (Lipinski definition) is 1. The van der Waals surface area contributed by atoms with Gasteiger partial charge in [-0.05, 0) is 36.0 Å². The Balaban J connectivity index is 2.30. The van der Waals surface area contributed by atoms with E-state index in [1.165, 1.54) is 4.90 Å². The van der Waals surface area contributed by atoms with Gasteiger partial charge in [-0.15, -0.1) is 6.58 Å². The van der Waals surface area contributed by atoms with Crippen LogP contribution in [0.15, 0.2) is 36.6 Å². The fourth-order valence-corrected chi connectivity index (χ4v) is 2.24. The first-order valence-electron chi connectivity index (χ1n) is 6.28. The van der Waals surface area contributed by atoms with Gasteiger partial charge in [0.1, 0.15) is 5.70 Å². The lowest BCUT2D eigenvalue weighted by Crippen LogP contribution is -2.30. The van der Waals surface area contributed by atoms with Crippen LogP contribution in [0.2, 0.25) is 0 Å². The summed E-state index contributed by atoms with van der Waals surface area (Å²) in [6, 6.07) is 5.41. The molecule has 0 bridgehead atoms. The van der Waals surface area contributed by atoms with Crippen molar-refractivity contribution in [3.05, 3.63) is 42.1 Å². The molecule has 1 amide bonds. The van der Waals surface area contributed by atoms with E-state index < -0.39 is 0 Å². The monoisotopic (exact) mass is 304 g/mol. The highest BCUT2D eigenvalue weighted by Gasteiger charge is 2.29. The molecule has 0 saturated carbocycles. The molecule has 0 aromatic heterocycles. The quantitative estimate of drug-likeness (QED) is 0.512. The summed E-state index contributed by atoms with van der Waals surface area (Å²) in [7, 11) is 3.14. The van der Waals surface area contributed by atoms with Gasteiger partial charge in [0, 0.05) is 6.54 Å².